The summed E-state index contributed by atoms with van der Waals surface area (Å²) in [6.07, 6.45) is 5.96. The Kier molecular flexibility index (Phi) is 11.5. The molecule has 1 aromatic carbocycles. The SMILES string of the molecule is C/C=S(/NC(=O)[C@@]12C[C@H]1/C=C\CC[C@@H](C)C[C@@H](C)[C@H](NCC(F)F)C(=O)N1C[C@H](Oc3cnc4ccc(OC)cc4n3)C[C@H]1C(=O)N2)C1(CF)CC1. The molecule has 11 nitrogen and oxygen atoms in total. The van der Waals surface area contributed by atoms with Crippen molar-refractivity contribution in [3.05, 3.63) is 36.5 Å². The van der Waals surface area contributed by atoms with Gasteiger partial charge in [0, 0.05) is 18.4 Å². The zero-order valence-corrected chi connectivity index (χ0v) is 30.9. The van der Waals surface area contributed by atoms with Crippen molar-refractivity contribution in [3.63, 3.8) is 0 Å². The van der Waals surface area contributed by atoms with Crippen molar-refractivity contribution in [1.82, 2.24) is 30.2 Å². The molecule has 15 heteroatoms. The molecule has 1 saturated heterocycles. The Balaban J connectivity index is 1.31. The number of fused-ring (bicyclic) bond motifs is 3. The normalized spacial score (nSPS) is 31.5. The van der Waals surface area contributed by atoms with Crippen molar-refractivity contribution >= 4 is 44.8 Å². The number of carbonyl (C=O) groups is 3. The van der Waals surface area contributed by atoms with Gasteiger partial charge in [0.15, 0.2) is 0 Å². The van der Waals surface area contributed by atoms with E-state index in [1.165, 1.54) is 11.1 Å². The summed E-state index contributed by atoms with van der Waals surface area (Å²) in [7, 11) is 0.720. The van der Waals surface area contributed by atoms with Crippen molar-refractivity contribution in [2.24, 2.45) is 17.8 Å². The van der Waals surface area contributed by atoms with Crippen LogP contribution in [-0.2, 0) is 14.4 Å². The van der Waals surface area contributed by atoms with Crippen molar-refractivity contribution in [2.75, 3.05) is 26.9 Å². The lowest BCUT2D eigenvalue weighted by Gasteiger charge is -2.33. The van der Waals surface area contributed by atoms with Crippen LogP contribution < -0.4 is 24.8 Å². The van der Waals surface area contributed by atoms with Crippen LogP contribution in [0.3, 0.4) is 0 Å². The Morgan fingerprint density at radius 2 is 2.00 bits per heavy atom. The first-order chi connectivity index (χ1) is 24.9. The van der Waals surface area contributed by atoms with Gasteiger partial charge in [-0.05, 0) is 74.8 Å². The van der Waals surface area contributed by atoms with Crippen LogP contribution in [0.1, 0.15) is 65.7 Å². The highest BCUT2D eigenvalue weighted by Gasteiger charge is 2.62. The number of benzene rings is 1. The third-order valence-corrected chi connectivity index (χ3v) is 13.2. The van der Waals surface area contributed by atoms with Gasteiger partial charge in [0.1, 0.15) is 30.1 Å². The fraction of sp³-hybridized carbons (Fsp3) is 0.622. The third-order valence-electron chi connectivity index (χ3n) is 10.9. The number of nitrogens with one attached hydrogen (secondary N) is 3. The molecule has 0 bridgehead atoms. The van der Waals surface area contributed by atoms with E-state index in [-0.39, 0.29) is 42.5 Å². The lowest BCUT2D eigenvalue weighted by atomic mass is 9.88. The van der Waals surface area contributed by atoms with E-state index in [0.29, 0.717) is 42.5 Å². The number of hydrogen-bond donors (Lipinski definition) is 3. The van der Waals surface area contributed by atoms with Gasteiger partial charge in [0.05, 0.1) is 48.2 Å². The summed E-state index contributed by atoms with van der Waals surface area (Å²) in [5.74, 6) is -1.08. The van der Waals surface area contributed by atoms with Crippen molar-refractivity contribution in [3.8, 4) is 11.6 Å². The number of allylic oxidation sites excluding steroid dienone is 1. The second kappa shape index (κ2) is 15.7. The lowest BCUT2D eigenvalue weighted by Crippen LogP contribution is -2.58. The maximum Gasteiger partial charge on any atom is 0.255 e. The van der Waals surface area contributed by atoms with Crippen molar-refractivity contribution in [1.29, 1.82) is 0 Å². The Bertz CT molecular complexity index is 1730. The van der Waals surface area contributed by atoms with Gasteiger partial charge in [-0.25, -0.2) is 23.1 Å². The van der Waals surface area contributed by atoms with E-state index >= 15 is 0 Å². The van der Waals surface area contributed by atoms with Crippen LogP contribution in [0.5, 0.6) is 11.6 Å². The number of carbonyl (C=O) groups excluding carboxylic acids is 3. The fourth-order valence-corrected chi connectivity index (χ4v) is 9.48. The van der Waals surface area contributed by atoms with Crippen LogP contribution in [0.2, 0.25) is 0 Å². The van der Waals surface area contributed by atoms with Gasteiger partial charge in [0.25, 0.3) is 12.3 Å². The number of ether oxygens (including phenoxy) is 2. The minimum Gasteiger partial charge on any atom is -0.497 e. The zero-order valence-electron chi connectivity index (χ0n) is 30.1. The second-order valence-corrected chi connectivity index (χ2v) is 17.0. The number of nitrogens with zero attached hydrogens (tertiary/aromatic N) is 3. The number of halogens is 3. The number of alkyl halides is 3. The van der Waals surface area contributed by atoms with E-state index < -0.39 is 70.6 Å². The van der Waals surface area contributed by atoms with Crippen LogP contribution in [-0.4, -0.2) is 99.7 Å². The van der Waals surface area contributed by atoms with Gasteiger partial charge < -0.3 is 29.7 Å². The molecule has 1 aromatic heterocycles. The molecule has 3 heterocycles. The molecular formula is C37H49F3N6O5S. The molecule has 2 aliphatic heterocycles. The van der Waals surface area contributed by atoms with Gasteiger partial charge in [-0.1, -0.05) is 36.7 Å². The molecule has 1 unspecified atom stereocenters. The summed E-state index contributed by atoms with van der Waals surface area (Å²) in [5, 5.41) is 7.63. The van der Waals surface area contributed by atoms with Crippen LogP contribution >= 0.6 is 10.7 Å². The van der Waals surface area contributed by atoms with E-state index in [1.807, 2.05) is 24.4 Å². The molecule has 284 valence electrons. The van der Waals surface area contributed by atoms with Crippen LogP contribution in [0.25, 0.3) is 11.0 Å². The summed E-state index contributed by atoms with van der Waals surface area (Å²) < 4.78 is 55.1. The molecule has 8 atom stereocenters. The van der Waals surface area contributed by atoms with E-state index in [4.69, 9.17) is 9.47 Å². The largest absolute Gasteiger partial charge is 0.497 e. The number of amides is 3. The third kappa shape index (κ3) is 8.09. The van der Waals surface area contributed by atoms with Gasteiger partial charge in [-0.3, -0.25) is 14.4 Å². The smallest absolute Gasteiger partial charge is 0.255 e. The molecule has 3 N–H and O–H groups in total. The first kappa shape index (κ1) is 38.0. The maximum atomic E-state index is 14.4. The average molecular weight is 747 g/mol. The molecule has 2 saturated carbocycles. The van der Waals surface area contributed by atoms with Crippen LogP contribution in [0.15, 0.2) is 36.5 Å². The molecule has 0 radical (unpaired) electrons. The predicted octanol–water partition coefficient (Wildman–Crippen LogP) is 4.72. The Morgan fingerprint density at radius 1 is 1.21 bits per heavy atom. The highest BCUT2D eigenvalue weighted by Crippen LogP contribution is 2.53. The molecule has 2 aromatic rings. The van der Waals surface area contributed by atoms with Crippen molar-refractivity contribution < 1.29 is 37.0 Å². The minimum absolute atomic E-state index is 0.0142. The molecule has 6 rings (SSSR count). The monoisotopic (exact) mass is 746 g/mol. The standard InChI is InChI=1S/C37H49F3N6O5S/c1-5-52(36(21-38)12-13-36)45-35(49)37-17-24(37)9-7-6-8-22(2)14-23(3)32(42-18-30(39)40)34(48)46-20-26(16-29(46)33(47)44-37)51-31-19-41-27-11-10-25(50-4)15-28(27)43-31/h5,7,9-11,15,19,22-24,26,29-30,32,42H,6,8,12-14,16-18,20-21H2,1-4H3,(H,44,47)(H,45,49)/b9-7-/t22-,23-,24-,26-,29+,32+,37-,52?/m1/s1. The quantitative estimate of drug-likeness (QED) is 0.235. The summed E-state index contributed by atoms with van der Waals surface area (Å²) in [4.78, 5) is 53.3. The summed E-state index contributed by atoms with van der Waals surface area (Å²) in [5.41, 5.74) is -0.128. The maximum absolute atomic E-state index is 14.4. The number of aromatic nitrogens is 2. The van der Waals surface area contributed by atoms with E-state index in [9.17, 15) is 27.6 Å². The fourth-order valence-electron chi connectivity index (χ4n) is 7.61. The van der Waals surface area contributed by atoms with Crippen LogP contribution in [0, 0.1) is 17.8 Å². The first-order valence-corrected chi connectivity index (χ1v) is 19.4. The topological polar surface area (TPSA) is 135 Å². The Hall–Kier alpha value is -3.72. The summed E-state index contributed by atoms with van der Waals surface area (Å²) >= 11 is 0. The van der Waals surface area contributed by atoms with Crippen molar-refractivity contribution in [2.45, 2.75) is 101 Å². The molecule has 0 spiro atoms. The predicted molar refractivity (Wildman–Crippen MR) is 194 cm³/mol. The molecular weight excluding hydrogens is 698 g/mol. The molecule has 3 fully saturated rings. The van der Waals surface area contributed by atoms with E-state index in [1.54, 1.807) is 32.2 Å². The molecule has 2 aliphatic carbocycles. The lowest BCUT2D eigenvalue weighted by molar-refractivity contribution is -0.142. The number of rotatable bonds is 10. The average Bonchev–Trinajstić information content (AvgIpc) is 4.02. The number of methoxy groups -OCH3 is 1. The van der Waals surface area contributed by atoms with Gasteiger partial charge >= 0.3 is 0 Å². The molecule has 3 amide bonds. The molecule has 4 aliphatic rings. The first-order valence-electron chi connectivity index (χ1n) is 18.1. The van der Waals surface area contributed by atoms with E-state index in [0.717, 1.165) is 12.8 Å². The summed E-state index contributed by atoms with van der Waals surface area (Å²) in [6, 6.07) is 3.21. The number of hydrogen-bond acceptors (Lipinski definition) is 8. The summed E-state index contributed by atoms with van der Waals surface area (Å²) in [6.45, 7) is 4.50. The molecule has 52 heavy (non-hydrogen) atoms. The van der Waals surface area contributed by atoms with E-state index in [2.05, 4.69) is 32.2 Å². The highest BCUT2D eigenvalue weighted by atomic mass is 32.2. The zero-order chi connectivity index (χ0) is 37.2. The minimum atomic E-state index is -2.68. The van der Waals surface area contributed by atoms with Gasteiger partial charge in [0.2, 0.25) is 17.7 Å². The van der Waals surface area contributed by atoms with Crippen LogP contribution in [0.4, 0.5) is 13.2 Å². The van der Waals surface area contributed by atoms with Gasteiger partial charge in [-0.15, -0.1) is 0 Å². The second-order valence-electron chi connectivity index (χ2n) is 14.7. The Morgan fingerprint density at radius 3 is 2.69 bits per heavy atom. The Labute approximate surface area is 304 Å². The highest BCUT2D eigenvalue weighted by molar-refractivity contribution is 8.15. The van der Waals surface area contributed by atoms with Gasteiger partial charge in [-0.2, -0.15) is 0 Å².